The summed E-state index contributed by atoms with van der Waals surface area (Å²) in [4.78, 5) is 17.2. The van der Waals surface area contributed by atoms with E-state index in [1.807, 2.05) is 49.9 Å². The summed E-state index contributed by atoms with van der Waals surface area (Å²) >= 11 is 0. The van der Waals surface area contributed by atoms with Crippen LogP contribution in [-0.4, -0.2) is 53.3 Å². The number of hydrogen-bond acceptors (Lipinski definition) is 4. The number of nitrogens with zero attached hydrogens (tertiary/aromatic N) is 2. The van der Waals surface area contributed by atoms with Gasteiger partial charge in [-0.25, -0.2) is 4.79 Å². The van der Waals surface area contributed by atoms with E-state index < -0.39 is 5.60 Å². The first kappa shape index (κ1) is 22.3. The van der Waals surface area contributed by atoms with Gasteiger partial charge in [-0.2, -0.15) is 0 Å². The maximum absolute atomic E-state index is 13.0. The van der Waals surface area contributed by atoms with E-state index in [-0.39, 0.29) is 18.2 Å². The summed E-state index contributed by atoms with van der Waals surface area (Å²) in [5.41, 5.74) is 1.89. The molecule has 162 valence electrons. The molecule has 2 aromatic rings. The third-order valence-corrected chi connectivity index (χ3v) is 5.13. The summed E-state index contributed by atoms with van der Waals surface area (Å²) in [7, 11) is 0. The van der Waals surface area contributed by atoms with Crippen LogP contribution in [0, 0.1) is 0 Å². The minimum absolute atomic E-state index is 0.0441. The van der Waals surface area contributed by atoms with Gasteiger partial charge in [-0.3, -0.25) is 9.80 Å². The predicted octanol–water partition coefficient (Wildman–Crippen LogP) is 4.71. The lowest BCUT2D eigenvalue weighted by molar-refractivity contribution is -0.0430. The fourth-order valence-corrected chi connectivity index (χ4v) is 3.92. The normalized spacial score (nSPS) is 20.2. The number of piperazine rings is 1. The van der Waals surface area contributed by atoms with Crippen molar-refractivity contribution in [3.05, 3.63) is 71.8 Å². The molecule has 5 nitrogen and oxygen atoms in total. The maximum atomic E-state index is 13.0. The molecule has 1 amide bonds. The molecule has 0 unspecified atom stereocenters. The Hall–Kier alpha value is -2.37. The van der Waals surface area contributed by atoms with Gasteiger partial charge < -0.3 is 9.47 Å². The Morgan fingerprint density at radius 2 is 1.57 bits per heavy atom. The zero-order chi connectivity index (χ0) is 21.6. The second-order valence-electron chi connectivity index (χ2n) is 9.07. The third kappa shape index (κ3) is 6.57. The number of rotatable bonds is 6. The number of carbonyl (C=O) groups excluding carboxylic acids is 1. The molecule has 0 saturated carbocycles. The number of carbonyl (C=O) groups is 1. The molecule has 3 rings (SSSR count). The Morgan fingerprint density at radius 1 is 0.967 bits per heavy atom. The van der Waals surface area contributed by atoms with E-state index in [1.54, 1.807) is 0 Å². The molecule has 0 bridgehead atoms. The summed E-state index contributed by atoms with van der Waals surface area (Å²) in [5.74, 6) is 0. The summed E-state index contributed by atoms with van der Waals surface area (Å²) in [5, 5.41) is 0. The molecular formula is C25H34N2O3. The van der Waals surface area contributed by atoms with E-state index in [4.69, 9.17) is 9.47 Å². The van der Waals surface area contributed by atoms with Gasteiger partial charge in [0.05, 0.1) is 19.3 Å². The van der Waals surface area contributed by atoms with Crippen LogP contribution in [0.5, 0.6) is 0 Å². The van der Waals surface area contributed by atoms with Crippen LogP contribution < -0.4 is 0 Å². The zero-order valence-corrected chi connectivity index (χ0v) is 18.6. The van der Waals surface area contributed by atoms with Crippen LogP contribution in [0.25, 0.3) is 0 Å². The van der Waals surface area contributed by atoms with Crippen LogP contribution in [0.1, 0.15) is 38.8 Å². The minimum atomic E-state index is -0.520. The average molecular weight is 411 g/mol. The van der Waals surface area contributed by atoms with Crippen molar-refractivity contribution in [1.82, 2.24) is 9.80 Å². The molecule has 1 aliphatic rings. The average Bonchev–Trinajstić information content (AvgIpc) is 2.68. The molecule has 0 aromatic heterocycles. The first-order valence-corrected chi connectivity index (χ1v) is 10.7. The Bertz CT molecular complexity index is 789. The van der Waals surface area contributed by atoms with Gasteiger partial charge >= 0.3 is 6.09 Å². The zero-order valence-electron chi connectivity index (χ0n) is 18.6. The summed E-state index contributed by atoms with van der Waals surface area (Å²) in [6, 6.07) is 20.6. The van der Waals surface area contributed by atoms with E-state index in [0.717, 1.165) is 25.2 Å². The van der Waals surface area contributed by atoms with E-state index in [1.165, 1.54) is 5.56 Å². The highest BCUT2D eigenvalue weighted by Crippen LogP contribution is 2.22. The van der Waals surface area contributed by atoms with Crippen LogP contribution in [0.3, 0.4) is 0 Å². The monoisotopic (exact) mass is 410 g/mol. The molecule has 5 heteroatoms. The first-order chi connectivity index (χ1) is 14.3. The Balaban J connectivity index is 1.69. The van der Waals surface area contributed by atoms with Crippen molar-refractivity contribution in [2.24, 2.45) is 0 Å². The van der Waals surface area contributed by atoms with Crippen LogP contribution in [0.4, 0.5) is 4.79 Å². The molecular weight excluding hydrogens is 376 g/mol. The number of benzene rings is 2. The van der Waals surface area contributed by atoms with Gasteiger partial charge in [-0.05, 0) is 38.8 Å². The highest BCUT2D eigenvalue weighted by Gasteiger charge is 2.37. The number of hydrogen-bond donors (Lipinski definition) is 0. The van der Waals surface area contributed by atoms with Gasteiger partial charge in [0.1, 0.15) is 5.60 Å². The van der Waals surface area contributed by atoms with Crippen molar-refractivity contribution in [1.29, 1.82) is 0 Å². The lowest BCUT2D eigenvalue weighted by Gasteiger charge is -2.45. The van der Waals surface area contributed by atoms with Crippen LogP contribution in [0.2, 0.25) is 0 Å². The molecule has 2 atom stereocenters. The largest absolute Gasteiger partial charge is 0.444 e. The number of ether oxygens (including phenoxy) is 2. The Labute approximate surface area is 180 Å². The topological polar surface area (TPSA) is 42.0 Å². The third-order valence-electron chi connectivity index (χ3n) is 5.13. The van der Waals surface area contributed by atoms with Gasteiger partial charge in [0, 0.05) is 25.7 Å². The van der Waals surface area contributed by atoms with E-state index in [9.17, 15) is 4.79 Å². The lowest BCUT2D eigenvalue weighted by Crippen LogP contribution is -2.61. The van der Waals surface area contributed by atoms with Gasteiger partial charge in [0.15, 0.2) is 0 Å². The Kier molecular flexibility index (Phi) is 7.51. The van der Waals surface area contributed by atoms with E-state index >= 15 is 0 Å². The van der Waals surface area contributed by atoms with Crippen molar-refractivity contribution in [3.8, 4) is 0 Å². The molecule has 30 heavy (non-hydrogen) atoms. The van der Waals surface area contributed by atoms with Crippen molar-refractivity contribution >= 4 is 6.09 Å². The molecule has 1 saturated heterocycles. The second-order valence-corrected chi connectivity index (χ2v) is 9.07. The SMILES string of the molecule is C[C@H]1CN(Cc2ccccc2)C[C@H](COCc2ccccc2)N1C(=O)OC(C)(C)C. The maximum Gasteiger partial charge on any atom is 0.410 e. The fourth-order valence-electron chi connectivity index (χ4n) is 3.92. The van der Waals surface area contributed by atoms with Crippen molar-refractivity contribution in [2.75, 3.05) is 19.7 Å². The lowest BCUT2D eigenvalue weighted by atomic mass is 10.1. The molecule has 1 heterocycles. The van der Waals surface area contributed by atoms with Gasteiger partial charge in [0.25, 0.3) is 0 Å². The highest BCUT2D eigenvalue weighted by molar-refractivity contribution is 5.69. The standard InChI is InChI=1S/C25H34N2O3/c1-20-15-26(16-21-11-7-5-8-12-21)17-23(27(20)24(28)30-25(2,3)4)19-29-18-22-13-9-6-10-14-22/h5-14,20,23H,15-19H2,1-4H3/t20-,23+/m0/s1. The highest BCUT2D eigenvalue weighted by atomic mass is 16.6. The van der Waals surface area contributed by atoms with Crippen LogP contribution in [-0.2, 0) is 22.6 Å². The number of amides is 1. The molecule has 1 fully saturated rings. The summed E-state index contributed by atoms with van der Waals surface area (Å²) < 4.78 is 11.7. The van der Waals surface area contributed by atoms with Gasteiger partial charge in [-0.1, -0.05) is 60.7 Å². The minimum Gasteiger partial charge on any atom is -0.444 e. The molecule has 1 aliphatic heterocycles. The fraction of sp³-hybridized carbons (Fsp3) is 0.480. The van der Waals surface area contributed by atoms with Crippen molar-refractivity contribution < 1.29 is 14.3 Å². The van der Waals surface area contributed by atoms with Gasteiger partial charge in [-0.15, -0.1) is 0 Å². The molecule has 0 N–H and O–H groups in total. The predicted molar refractivity (Wildman–Crippen MR) is 119 cm³/mol. The first-order valence-electron chi connectivity index (χ1n) is 10.7. The second kappa shape index (κ2) is 10.1. The summed E-state index contributed by atoms with van der Waals surface area (Å²) in [6.07, 6.45) is -0.261. The molecule has 0 radical (unpaired) electrons. The summed E-state index contributed by atoms with van der Waals surface area (Å²) in [6.45, 7) is 11.2. The molecule has 0 spiro atoms. The van der Waals surface area contributed by atoms with Crippen molar-refractivity contribution in [2.45, 2.75) is 58.5 Å². The smallest absolute Gasteiger partial charge is 0.410 e. The van der Waals surface area contributed by atoms with Gasteiger partial charge in [0.2, 0.25) is 0 Å². The molecule has 2 aromatic carbocycles. The van der Waals surface area contributed by atoms with E-state index in [0.29, 0.717) is 13.2 Å². The van der Waals surface area contributed by atoms with Crippen molar-refractivity contribution in [3.63, 3.8) is 0 Å². The van der Waals surface area contributed by atoms with E-state index in [2.05, 4.69) is 48.2 Å². The Morgan fingerprint density at radius 3 is 2.17 bits per heavy atom. The van der Waals surface area contributed by atoms with Crippen LogP contribution in [0.15, 0.2) is 60.7 Å². The quantitative estimate of drug-likeness (QED) is 0.691. The van der Waals surface area contributed by atoms with Crippen LogP contribution >= 0.6 is 0 Å². The molecule has 0 aliphatic carbocycles.